The molecule has 1 rings (SSSR count). The molecule has 0 saturated carbocycles. The van der Waals surface area contributed by atoms with Crippen LogP contribution in [0.4, 0.5) is 8.78 Å². The molecule has 21 heavy (non-hydrogen) atoms. The second-order valence-corrected chi connectivity index (χ2v) is 3.89. The first-order valence-electron chi connectivity index (χ1n) is 6.32. The van der Waals surface area contributed by atoms with E-state index in [0.717, 1.165) is 12.1 Å². The van der Waals surface area contributed by atoms with Crippen LogP contribution in [0.25, 0.3) is 0 Å². The molecular formula is C14H20F2IN3O. The highest BCUT2D eigenvalue weighted by Gasteiger charge is 2.04. The minimum Gasteiger partial charge on any atom is -0.435 e. The fraction of sp³-hybridized carbons (Fsp3) is 0.357. The normalized spacial score (nSPS) is 10.8. The predicted octanol–water partition coefficient (Wildman–Crippen LogP) is 3.15. The van der Waals surface area contributed by atoms with Gasteiger partial charge in [0.25, 0.3) is 0 Å². The van der Waals surface area contributed by atoms with E-state index >= 15 is 0 Å². The third-order valence-electron chi connectivity index (χ3n) is 2.30. The summed E-state index contributed by atoms with van der Waals surface area (Å²) in [6, 6.07) is 6.50. The Labute approximate surface area is 140 Å². The molecule has 0 spiro atoms. The lowest BCUT2D eigenvalue weighted by atomic mass is 10.2. The largest absolute Gasteiger partial charge is 0.435 e. The summed E-state index contributed by atoms with van der Waals surface area (Å²) in [5, 5.41) is 6.13. The van der Waals surface area contributed by atoms with Gasteiger partial charge in [-0.05, 0) is 24.6 Å². The SMILES string of the molecule is C=CCNC(=NCc1cccc(OC(F)F)c1)NCC.I. The number of hydrogen-bond acceptors (Lipinski definition) is 2. The summed E-state index contributed by atoms with van der Waals surface area (Å²) >= 11 is 0. The van der Waals surface area contributed by atoms with Crippen LogP contribution in [-0.2, 0) is 6.54 Å². The van der Waals surface area contributed by atoms with Crippen molar-refractivity contribution in [2.24, 2.45) is 4.99 Å². The Kier molecular flexibility index (Phi) is 10.6. The van der Waals surface area contributed by atoms with Gasteiger partial charge in [0, 0.05) is 13.1 Å². The number of nitrogens with zero attached hydrogens (tertiary/aromatic N) is 1. The summed E-state index contributed by atoms with van der Waals surface area (Å²) in [7, 11) is 0. The molecule has 118 valence electrons. The summed E-state index contributed by atoms with van der Waals surface area (Å²) < 4.78 is 28.6. The van der Waals surface area contributed by atoms with E-state index in [1.807, 2.05) is 6.92 Å². The van der Waals surface area contributed by atoms with Crippen LogP contribution in [0.1, 0.15) is 12.5 Å². The standard InChI is InChI=1S/C14H19F2N3O.HI/c1-3-8-18-14(17-4-2)19-10-11-6-5-7-12(9-11)20-13(15)16;/h3,5-7,9,13H,1,4,8,10H2,2H3,(H2,17,18,19);1H. The van der Waals surface area contributed by atoms with E-state index in [4.69, 9.17) is 0 Å². The highest BCUT2D eigenvalue weighted by molar-refractivity contribution is 14.0. The second-order valence-electron chi connectivity index (χ2n) is 3.89. The van der Waals surface area contributed by atoms with Gasteiger partial charge in [0.1, 0.15) is 5.75 Å². The molecule has 0 aliphatic heterocycles. The van der Waals surface area contributed by atoms with Gasteiger partial charge in [0.05, 0.1) is 6.54 Å². The Balaban J connectivity index is 0.00000400. The third kappa shape index (κ3) is 8.49. The lowest BCUT2D eigenvalue weighted by Crippen LogP contribution is -2.37. The van der Waals surface area contributed by atoms with Gasteiger partial charge in [-0.3, -0.25) is 0 Å². The van der Waals surface area contributed by atoms with Crippen LogP contribution in [0.15, 0.2) is 41.9 Å². The minimum atomic E-state index is -2.82. The van der Waals surface area contributed by atoms with Gasteiger partial charge < -0.3 is 15.4 Å². The average Bonchev–Trinajstić information content (AvgIpc) is 2.41. The lowest BCUT2D eigenvalue weighted by Gasteiger charge is -2.10. The minimum absolute atomic E-state index is 0. The van der Waals surface area contributed by atoms with Gasteiger partial charge in [0.15, 0.2) is 5.96 Å². The number of guanidine groups is 1. The van der Waals surface area contributed by atoms with Crippen LogP contribution in [-0.4, -0.2) is 25.7 Å². The molecule has 0 unspecified atom stereocenters. The van der Waals surface area contributed by atoms with Crippen LogP contribution < -0.4 is 15.4 Å². The summed E-state index contributed by atoms with van der Waals surface area (Å²) in [6.45, 7) is 4.46. The molecule has 0 aromatic heterocycles. The molecule has 0 aliphatic carbocycles. The van der Waals surface area contributed by atoms with E-state index in [2.05, 4.69) is 26.9 Å². The van der Waals surface area contributed by atoms with Crippen LogP contribution in [0, 0.1) is 0 Å². The quantitative estimate of drug-likeness (QED) is 0.314. The first kappa shape index (κ1) is 19.6. The molecule has 0 radical (unpaired) electrons. The van der Waals surface area contributed by atoms with Gasteiger partial charge >= 0.3 is 6.61 Å². The van der Waals surface area contributed by atoms with Gasteiger partial charge in [-0.2, -0.15) is 8.78 Å². The number of hydrogen-bond donors (Lipinski definition) is 2. The number of nitrogens with one attached hydrogen (secondary N) is 2. The third-order valence-corrected chi connectivity index (χ3v) is 2.30. The fourth-order valence-corrected chi connectivity index (χ4v) is 1.50. The van der Waals surface area contributed by atoms with Crippen LogP contribution in [0.2, 0.25) is 0 Å². The van der Waals surface area contributed by atoms with Crippen molar-refractivity contribution >= 4 is 29.9 Å². The molecule has 0 amide bonds. The summed E-state index contributed by atoms with van der Waals surface area (Å²) in [4.78, 5) is 4.35. The van der Waals surface area contributed by atoms with Crippen molar-refractivity contribution in [3.05, 3.63) is 42.5 Å². The van der Waals surface area contributed by atoms with Crippen molar-refractivity contribution in [3.63, 3.8) is 0 Å². The fourth-order valence-electron chi connectivity index (χ4n) is 1.50. The smallest absolute Gasteiger partial charge is 0.387 e. The molecule has 2 N–H and O–H groups in total. The van der Waals surface area contributed by atoms with Gasteiger partial charge in [-0.25, -0.2) is 4.99 Å². The molecule has 0 aliphatic rings. The molecule has 1 aromatic rings. The Morgan fingerprint density at radius 2 is 2.19 bits per heavy atom. The molecule has 4 nitrogen and oxygen atoms in total. The molecule has 0 fully saturated rings. The van der Waals surface area contributed by atoms with Crippen molar-refractivity contribution in [1.29, 1.82) is 0 Å². The zero-order chi connectivity index (χ0) is 14.8. The zero-order valence-corrected chi connectivity index (χ0v) is 14.1. The molecular weight excluding hydrogens is 391 g/mol. The molecule has 0 heterocycles. The maximum absolute atomic E-state index is 12.1. The van der Waals surface area contributed by atoms with Gasteiger partial charge in [-0.15, -0.1) is 30.6 Å². The molecule has 1 aromatic carbocycles. The second kappa shape index (κ2) is 11.3. The number of aliphatic imine (C=N–C) groups is 1. The van der Waals surface area contributed by atoms with Crippen LogP contribution >= 0.6 is 24.0 Å². The Morgan fingerprint density at radius 3 is 2.81 bits per heavy atom. The lowest BCUT2D eigenvalue weighted by molar-refractivity contribution is -0.0498. The Morgan fingerprint density at radius 1 is 1.43 bits per heavy atom. The van der Waals surface area contributed by atoms with Gasteiger partial charge in [-0.1, -0.05) is 18.2 Å². The van der Waals surface area contributed by atoms with Crippen LogP contribution in [0.5, 0.6) is 5.75 Å². The maximum Gasteiger partial charge on any atom is 0.387 e. The number of benzene rings is 1. The first-order valence-corrected chi connectivity index (χ1v) is 6.32. The number of halogens is 3. The van der Waals surface area contributed by atoms with E-state index in [0.29, 0.717) is 19.0 Å². The Bertz CT molecular complexity index is 456. The molecule has 0 bridgehead atoms. The number of rotatable bonds is 7. The predicted molar refractivity (Wildman–Crippen MR) is 91.5 cm³/mol. The van der Waals surface area contributed by atoms with E-state index in [9.17, 15) is 8.78 Å². The van der Waals surface area contributed by atoms with Crippen molar-refractivity contribution in [1.82, 2.24) is 10.6 Å². The van der Waals surface area contributed by atoms with E-state index in [1.165, 1.54) is 6.07 Å². The highest BCUT2D eigenvalue weighted by atomic mass is 127. The van der Waals surface area contributed by atoms with Gasteiger partial charge in [0.2, 0.25) is 0 Å². The molecule has 0 atom stereocenters. The van der Waals surface area contributed by atoms with E-state index < -0.39 is 6.61 Å². The summed E-state index contributed by atoms with van der Waals surface area (Å²) in [5.74, 6) is 0.782. The monoisotopic (exact) mass is 411 g/mol. The van der Waals surface area contributed by atoms with Crippen molar-refractivity contribution in [2.75, 3.05) is 13.1 Å². The van der Waals surface area contributed by atoms with Crippen molar-refractivity contribution < 1.29 is 13.5 Å². The summed E-state index contributed by atoms with van der Waals surface area (Å²) in [6.07, 6.45) is 1.73. The highest BCUT2D eigenvalue weighted by Crippen LogP contribution is 2.16. The zero-order valence-electron chi connectivity index (χ0n) is 11.8. The Hall–Kier alpha value is -1.38. The number of alkyl halides is 2. The first-order chi connectivity index (χ1) is 9.65. The molecule has 0 saturated heterocycles. The maximum atomic E-state index is 12.1. The average molecular weight is 411 g/mol. The van der Waals surface area contributed by atoms with Crippen LogP contribution in [0.3, 0.4) is 0 Å². The summed E-state index contributed by atoms with van der Waals surface area (Å²) in [5.41, 5.74) is 0.791. The van der Waals surface area contributed by atoms with E-state index in [1.54, 1.807) is 24.3 Å². The van der Waals surface area contributed by atoms with E-state index in [-0.39, 0.29) is 29.7 Å². The molecule has 7 heteroatoms. The van der Waals surface area contributed by atoms with Crippen molar-refractivity contribution in [3.8, 4) is 5.75 Å². The number of ether oxygens (including phenoxy) is 1. The van der Waals surface area contributed by atoms with Crippen molar-refractivity contribution in [2.45, 2.75) is 20.1 Å². The topological polar surface area (TPSA) is 45.7 Å².